The van der Waals surface area contributed by atoms with Gasteiger partial charge in [-0.25, -0.2) is 0 Å². The summed E-state index contributed by atoms with van der Waals surface area (Å²) in [5.41, 5.74) is 0.130. The number of rotatable bonds is 14. The molecule has 11 atom stereocenters. The van der Waals surface area contributed by atoms with Gasteiger partial charge in [-0.1, -0.05) is 30.3 Å². The third kappa shape index (κ3) is 9.28. The SMILES string of the molecule is CSC(OC(O)COC1CN(Cc2ccccc2)CC(CO)O1)C(O)C(C)OC1OC(CO)C(O)C(O)C1O. The molecule has 224 valence electrons. The summed E-state index contributed by atoms with van der Waals surface area (Å²) < 4.78 is 27.9. The van der Waals surface area contributed by atoms with Gasteiger partial charge in [-0.3, -0.25) is 4.90 Å². The molecule has 0 aliphatic carbocycles. The van der Waals surface area contributed by atoms with E-state index in [1.807, 2.05) is 30.3 Å². The molecule has 0 aromatic heterocycles. The molecule has 14 heteroatoms. The van der Waals surface area contributed by atoms with E-state index in [1.165, 1.54) is 6.92 Å². The van der Waals surface area contributed by atoms with Crippen LogP contribution in [-0.4, -0.2) is 147 Å². The van der Waals surface area contributed by atoms with Crippen LogP contribution in [0.3, 0.4) is 0 Å². The summed E-state index contributed by atoms with van der Waals surface area (Å²) in [6, 6.07) is 9.86. The van der Waals surface area contributed by atoms with E-state index >= 15 is 0 Å². The van der Waals surface area contributed by atoms with Gasteiger partial charge in [0.15, 0.2) is 18.9 Å². The largest absolute Gasteiger partial charge is 0.394 e. The van der Waals surface area contributed by atoms with Gasteiger partial charge in [-0.2, -0.15) is 0 Å². The van der Waals surface area contributed by atoms with Crippen LogP contribution in [0.5, 0.6) is 0 Å². The minimum atomic E-state index is -1.62. The minimum Gasteiger partial charge on any atom is -0.394 e. The topological polar surface area (TPSA) is 191 Å². The number of morpholine rings is 1. The fourth-order valence-corrected chi connectivity index (χ4v) is 5.13. The standard InChI is InChI=1S/C25H41NO12S/c1-14(35-24-23(33)22(32)21(31)17(12-28)37-24)20(30)25(39-2)38-18(29)13-34-19-10-26(9-16(11-27)36-19)8-15-6-4-3-5-7-15/h3-7,14,16-25,27-33H,8-13H2,1-2H3. The number of thioether (sulfide) groups is 1. The Balaban J connectivity index is 1.48. The molecule has 39 heavy (non-hydrogen) atoms. The first kappa shape index (κ1) is 32.6. The van der Waals surface area contributed by atoms with E-state index in [-0.39, 0.29) is 13.2 Å². The summed E-state index contributed by atoms with van der Waals surface area (Å²) in [6.45, 7) is 2.00. The van der Waals surface area contributed by atoms with E-state index < -0.39 is 73.6 Å². The summed E-state index contributed by atoms with van der Waals surface area (Å²) >= 11 is 1.10. The Bertz CT molecular complexity index is 826. The maximum absolute atomic E-state index is 10.8. The predicted octanol–water partition coefficient (Wildman–Crippen LogP) is -2.19. The molecule has 11 unspecified atom stereocenters. The zero-order valence-corrected chi connectivity index (χ0v) is 22.8. The van der Waals surface area contributed by atoms with Crippen molar-refractivity contribution in [3.63, 3.8) is 0 Å². The second kappa shape index (κ2) is 15.9. The summed E-state index contributed by atoms with van der Waals surface area (Å²) in [4.78, 5) is 2.09. The highest BCUT2D eigenvalue weighted by Crippen LogP contribution is 2.26. The van der Waals surface area contributed by atoms with E-state index in [9.17, 15) is 35.7 Å². The maximum atomic E-state index is 10.8. The Morgan fingerprint density at radius 1 is 1.00 bits per heavy atom. The van der Waals surface area contributed by atoms with Crippen LogP contribution in [-0.2, 0) is 30.2 Å². The second-order valence-electron chi connectivity index (χ2n) is 9.61. The van der Waals surface area contributed by atoms with Crippen LogP contribution in [0.2, 0.25) is 0 Å². The molecule has 2 saturated heterocycles. The highest BCUT2D eigenvalue weighted by atomic mass is 32.2. The lowest BCUT2D eigenvalue weighted by Crippen LogP contribution is -2.60. The van der Waals surface area contributed by atoms with E-state index in [0.717, 1.165) is 17.3 Å². The van der Waals surface area contributed by atoms with Gasteiger partial charge >= 0.3 is 0 Å². The smallest absolute Gasteiger partial charge is 0.187 e. The fraction of sp³-hybridized carbons (Fsp3) is 0.760. The molecule has 1 aromatic carbocycles. The Labute approximate surface area is 231 Å². The van der Waals surface area contributed by atoms with E-state index in [4.69, 9.17) is 23.7 Å². The Morgan fingerprint density at radius 3 is 2.36 bits per heavy atom. The number of nitrogens with zero attached hydrogens (tertiary/aromatic N) is 1. The first-order chi connectivity index (χ1) is 18.7. The molecule has 7 N–H and O–H groups in total. The lowest BCUT2D eigenvalue weighted by Gasteiger charge is -2.41. The van der Waals surface area contributed by atoms with Gasteiger partial charge in [-0.15, -0.1) is 11.8 Å². The van der Waals surface area contributed by atoms with Gasteiger partial charge in [0, 0.05) is 19.6 Å². The minimum absolute atomic E-state index is 0.183. The lowest BCUT2D eigenvalue weighted by molar-refractivity contribution is -0.318. The van der Waals surface area contributed by atoms with E-state index in [0.29, 0.717) is 19.6 Å². The quantitative estimate of drug-likeness (QED) is 0.118. The van der Waals surface area contributed by atoms with Crippen LogP contribution >= 0.6 is 11.8 Å². The second-order valence-corrected chi connectivity index (χ2v) is 10.5. The van der Waals surface area contributed by atoms with Crippen molar-refractivity contribution >= 4 is 11.8 Å². The summed E-state index contributed by atoms with van der Waals surface area (Å²) in [5.74, 6) is 0. The van der Waals surface area contributed by atoms with E-state index in [2.05, 4.69) is 4.90 Å². The van der Waals surface area contributed by atoms with Crippen molar-refractivity contribution in [3.05, 3.63) is 35.9 Å². The van der Waals surface area contributed by atoms with Crippen LogP contribution in [0.4, 0.5) is 0 Å². The van der Waals surface area contributed by atoms with Gasteiger partial charge < -0.3 is 59.4 Å². The molecule has 0 radical (unpaired) electrons. The Hall–Kier alpha value is -0.950. The molecule has 2 fully saturated rings. The number of hydrogen-bond donors (Lipinski definition) is 7. The molecule has 2 aliphatic heterocycles. The summed E-state index contributed by atoms with van der Waals surface area (Å²) in [7, 11) is 0. The van der Waals surface area contributed by atoms with Crippen LogP contribution in [0.1, 0.15) is 12.5 Å². The Kier molecular flexibility index (Phi) is 13.3. The van der Waals surface area contributed by atoms with Gasteiger partial charge in [0.1, 0.15) is 42.6 Å². The van der Waals surface area contributed by atoms with Crippen molar-refractivity contribution in [1.29, 1.82) is 0 Å². The number of aliphatic hydroxyl groups is 7. The zero-order chi connectivity index (χ0) is 28.5. The van der Waals surface area contributed by atoms with Crippen molar-refractivity contribution in [1.82, 2.24) is 4.90 Å². The highest BCUT2D eigenvalue weighted by Gasteiger charge is 2.45. The van der Waals surface area contributed by atoms with E-state index in [1.54, 1.807) is 6.26 Å². The molecule has 0 spiro atoms. The van der Waals surface area contributed by atoms with Gasteiger partial charge in [0.05, 0.1) is 25.4 Å². The van der Waals surface area contributed by atoms with Gasteiger partial charge in [-0.05, 0) is 18.7 Å². The summed E-state index contributed by atoms with van der Waals surface area (Å²) in [5, 5.41) is 70.2. The number of benzene rings is 1. The molecule has 1 aromatic rings. The number of ether oxygens (including phenoxy) is 5. The van der Waals surface area contributed by atoms with Crippen molar-refractivity contribution in [2.24, 2.45) is 0 Å². The molecule has 3 rings (SSSR count). The molecule has 13 nitrogen and oxygen atoms in total. The number of aliphatic hydroxyl groups excluding tert-OH is 7. The first-order valence-corrected chi connectivity index (χ1v) is 14.1. The lowest BCUT2D eigenvalue weighted by atomic mass is 9.99. The van der Waals surface area contributed by atoms with Crippen LogP contribution in [0.15, 0.2) is 30.3 Å². The van der Waals surface area contributed by atoms with Crippen LogP contribution in [0.25, 0.3) is 0 Å². The normalized spacial score (nSPS) is 33.4. The van der Waals surface area contributed by atoms with Crippen molar-refractivity contribution in [2.45, 2.75) is 80.5 Å². The zero-order valence-electron chi connectivity index (χ0n) is 22.0. The molecular weight excluding hydrogens is 538 g/mol. The fourth-order valence-electron chi connectivity index (χ4n) is 4.39. The van der Waals surface area contributed by atoms with Gasteiger partial charge in [0.2, 0.25) is 0 Å². The molecule has 0 amide bonds. The summed E-state index contributed by atoms with van der Waals surface area (Å²) in [6.07, 6.45) is -10.6. The third-order valence-corrected chi connectivity index (χ3v) is 7.43. The average molecular weight is 580 g/mol. The maximum Gasteiger partial charge on any atom is 0.187 e. The Morgan fingerprint density at radius 2 is 1.72 bits per heavy atom. The molecule has 0 bridgehead atoms. The monoisotopic (exact) mass is 579 g/mol. The number of hydrogen-bond acceptors (Lipinski definition) is 14. The highest BCUT2D eigenvalue weighted by molar-refractivity contribution is 7.99. The average Bonchev–Trinajstić information content (AvgIpc) is 2.95. The van der Waals surface area contributed by atoms with Crippen molar-refractivity contribution in [2.75, 3.05) is 39.2 Å². The molecule has 2 heterocycles. The van der Waals surface area contributed by atoms with Crippen LogP contribution in [0, 0.1) is 0 Å². The van der Waals surface area contributed by atoms with Crippen molar-refractivity contribution < 1.29 is 59.4 Å². The van der Waals surface area contributed by atoms with Crippen molar-refractivity contribution in [3.8, 4) is 0 Å². The van der Waals surface area contributed by atoms with Gasteiger partial charge in [0.25, 0.3) is 0 Å². The molecule has 0 saturated carbocycles. The van der Waals surface area contributed by atoms with Crippen LogP contribution < -0.4 is 0 Å². The molecule has 2 aliphatic rings. The first-order valence-electron chi connectivity index (χ1n) is 12.8. The third-order valence-electron chi connectivity index (χ3n) is 6.57. The molecular formula is C25H41NO12S. The predicted molar refractivity (Wildman–Crippen MR) is 138 cm³/mol.